The molecule has 1 N–H and O–H groups in total. The maximum absolute atomic E-state index is 9.35. The molecule has 0 amide bonds. The largest absolute Gasteiger partial charge is 0.392 e. The van der Waals surface area contributed by atoms with E-state index >= 15 is 0 Å². The van der Waals surface area contributed by atoms with Gasteiger partial charge in [-0.3, -0.25) is 0 Å². The number of rotatable bonds is 1. The van der Waals surface area contributed by atoms with E-state index in [1.54, 1.807) is 0 Å². The van der Waals surface area contributed by atoms with Crippen LogP contribution >= 0.6 is 11.6 Å². The number of hydrogen-bond donors (Lipinski definition) is 1. The SMILES string of the molecule is CC1/C(=C/c2ccc(Cl)cc2)CC1O. The molecule has 0 radical (unpaired) electrons. The van der Waals surface area contributed by atoms with Gasteiger partial charge >= 0.3 is 0 Å². The van der Waals surface area contributed by atoms with Crippen molar-refractivity contribution in [1.82, 2.24) is 0 Å². The summed E-state index contributed by atoms with van der Waals surface area (Å²) in [7, 11) is 0. The molecule has 1 saturated carbocycles. The van der Waals surface area contributed by atoms with Crippen molar-refractivity contribution in [2.45, 2.75) is 19.4 Å². The molecule has 0 saturated heterocycles. The lowest BCUT2D eigenvalue weighted by Gasteiger charge is -2.33. The molecule has 0 spiro atoms. The van der Waals surface area contributed by atoms with Crippen LogP contribution in [0, 0.1) is 5.92 Å². The van der Waals surface area contributed by atoms with E-state index in [4.69, 9.17) is 11.6 Å². The third kappa shape index (κ3) is 1.84. The van der Waals surface area contributed by atoms with E-state index in [0.29, 0.717) is 5.92 Å². The minimum absolute atomic E-state index is 0.145. The smallest absolute Gasteiger partial charge is 0.0640 e. The zero-order valence-electron chi connectivity index (χ0n) is 8.07. The van der Waals surface area contributed by atoms with Crippen LogP contribution in [0.25, 0.3) is 6.08 Å². The summed E-state index contributed by atoms with van der Waals surface area (Å²) < 4.78 is 0. The molecule has 2 heteroatoms. The van der Waals surface area contributed by atoms with E-state index < -0.39 is 0 Å². The Hall–Kier alpha value is -0.790. The molecule has 1 aliphatic carbocycles. The van der Waals surface area contributed by atoms with Crippen LogP contribution in [-0.2, 0) is 0 Å². The molecule has 1 aromatic rings. The number of halogens is 1. The lowest BCUT2D eigenvalue weighted by molar-refractivity contribution is 0.0851. The van der Waals surface area contributed by atoms with Gasteiger partial charge in [-0.25, -0.2) is 0 Å². The molecular weight excluding hydrogens is 196 g/mol. The van der Waals surface area contributed by atoms with Crippen LogP contribution in [0.2, 0.25) is 5.02 Å². The summed E-state index contributed by atoms with van der Waals surface area (Å²) in [6, 6.07) is 7.75. The highest BCUT2D eigenvalue weighted by molar-refractivity contribution is 6.30. The third-order valence-corrected chi connectivity index (χ3v) is 3.08. The Balaban J connectivity index is 2.15. The molecule has 1 nitrogen and oxygen atoms in total. The summed E-state index contributed by atoms with van der Waals surface area (Å²) in [6.07, 6.45) is 2.80. The molecule has 74 valence electrons. The maximum atomic E-state index is 9.35. The fourth-order valence-corrected chi connectivity index (χ4v) is 1.78. The molecule has 2 unspecified atom stereocenters. The van der Waals surface area contributed by atoms with Crippen LogP contribution in [0.3, 0.4) is 0 Å². The summed E-state index contributed by atoms with van der Waals surface area (Å²) in [5, 5.41) is 10.1. The predicted octanol–water partition coefficient (Wildman–Crippen LogP) is 3.12. The summed E-state index contributed by atoms with van der Waals surface area (Å²) in [4.78, 5) is 0. The van der Waals surface area contributed by atoms with Crippen LogP contribution in [0.1, 0.15) is 18.9 Å². The Morgan fingerprint density at radius 2 is 2.00 bits per heavy atom. The molecule has 0 aliphatic heterocycles. The fourth-order valence-electron chi connectivity index (χ4n) is 1.65. The first-order chi connectivity index (χ1) is 6.66. The zero-order chi connectivity index (χ0) is 10.1. The van der Waals surface area contributed by atoms with Gasteiger partial charge in [-0.1, -0.05) is 42.3 Å². The Bertz CT molecular complexity index is 353. The van der Waals surface area contributed by atoms with Crippen LogP contribution in [-0.4, -0.2) is 11.2 Å². The van der Waals surface area contributed by atoms with Gasteiger partial charge < -0.3 is 5.11 Å². The lowest BCUT2D eigenvalue weighted by atomic mass is 9.77. The van der Waals surface area contributed by atoms with Gasteiger partial charge in [0.1, 0.15) is 0 Å². The van der Waals surface area contributed by atoms with Crippen molar-refractivity contribution in [2.24, 2.45) is 5.92 Å². The standard InChI is InChI=1S/C12H13ClO/c1-8-10(7-12(8)14)6-9-2-4-11(13)5-3-9/h2-6,8,12,14H,7H2,1H3/b10-6+. The van der Waals surface area contributed by atoms with Gasteiger partial charge in [0.15, 0.2) is 0 Å². The van der Waals surface area contributed by atoms with E-state index in [-0.39, 0.29) is 6.10 Å². The number of benzene rings is 1. The average Bonchev–Trinajstić information content (AvgIpc) is 2.20. The van der Waals surface area contributed by atoms with Gasteiger partial charge in [-0.2, -0.15) is 0 Å². The highest BCUT2D eigenvalue weighted by Crippen LogP contribution is 2.34. The van der Waals surface area contributed by atoms with Crippen LogP contribution < -0.4 is 0 Å². The molecule has 1 aliphatic rings. The van der Waals surface area contributed by atoms with E-state index in [9.17, 15) is 5.11 Å². The molecule has 2 atom stereocenters. The molecule has 0 heterocycles. The first-order valence-corrected chi connectivity index (χ1v) is 5.19. The van der Waals surface area contributed by atoms with E-state index in [1.165, 1.54) is 5.57 Å². The van der Waals surface area contributed by atoms with Crippen LogP contribution in [0.15, 0.2) is 29.8 Å². The van der Waals surface area contributed by atoms with Crippen molar-refractivity contribution < 1.29 is 5.11 Å². The van der Waals surface area contributed by atoms with E-state index in [2.05, 4.69) is 13.0 Å². The molecule has 2 rings (SSSR count). The van der Waals surface area contributed by atoms with Crippen molar-refractivity contribution in [3.63, 3.8) is 0 Å². The predicted molar refractivity (Wildman–Crippen MR) is 59.2 cm³/mol. The number of aliphatic hydroxyl groups excluding tert-OH is 1. The van der Waals surface area contributed by atoms with Gasteiger partial charge in [0.05, 0.1) is 6.10 Å². The molecule has 14 heavy (non-hydrogen) atoms. The molecule has 0 aromatic heterocycles. The monoisotopic (exact) mass is 208 g/mol. The Morgan fingerprint density at radius 1 is 1.36 bits per heavy atom. The lowest BCUT2D eigenvalue weighted by Crippen LogP contribution is -2.31. The van der Waals surface area contributed by atoms with E-state index in [0.717, 1.165) is 17.0 Å². The Kier molecular flexibility index (Phi) is 2.62. The first kappa shape index (κ1) is 9.75. The molecular formula is C12H13ClO. The Labute approximate surface area is 89.0 Å². The number of aliphatic hydroxyl groups is 1. The third-order valence-electron chi connectivity index (χ3n) is 2.83. The average molecular weight is 209 g/mol. The van der Waals surface area contributed by atoms with Crippen LogP contribution in [0.5, 0.6) is 0 Å². The van der Waals surface area contributed by atoms with Gasteiger partial charge in [-0.15, -0.1) is 0 Å². The minimum Gasteiger partial charge on any atom is -0.392 e. The van der Waals surface area contributed by atoms with Crippen LogP contribution in [0.4, 0.5) is 0 Å². The summed E-state index contributed by atoms with van der Waals surface area (Å²) in [5.74, 6) is 0.311. The quantitative estimate of drug-likeness (QED) is 0.752. The van der Waals surface area contributed by atoms with Gasteiger partial charge in [0.2, 0.25) is 0 Å². The molecule has 1 aromatic carbocycles. The van der Waals surface area contributed by atoms with Gasteiger partial charge in [0, 0.05) is 10.9 Å². The fraction of sp³-hybridized carbons (Fsp3) is 0.333. The van der Waals surface area contributed by atoms with Crippen molar-refractivity contribution >= 4 is 17.7 Å². The second-order valence-corrected chi connectivity index (χ2v) is 4.27. The number of hydrogen-bond acceptors (Lipinski definition) is 1. The van der Waals surface area contributed by atoms with Crippen molar-refractivity contribution in [3.8, 4) is 0 Å². The molecule has 1 fully saturated rings. The minimum atomic E-state index is -0.145. The highest BCUT2D eigenvalue weighted by Gasteiger charge is 2.29. The summed E-state index contributed by atoms with van der Waals surface area (Å²) in [6.45, 7) is 2.05. The highest BCUT2D eigenvalue weighted by atomic mass is 35.5. The van der Waals surface area contributed by atoms with Crippen molar-refractivity contribution in [1.29, 1.82) is 0 Å². The Morgan fingerprint density at radius 3 is 2.50 bits per heavy atom. The topological polar surface area (TPSA) is 20.2 Å². The van der Waals surface area contributed by atoms with E-state index in [1.807, 2.05) is 24.3 Å². The summed E-state index contributed by atoms with van der Waals surface area (Å²) >= 11 is 5.79. The first-order valence-electron chi connectivity index (χ1n) is 4.81. The zero-order valence-corrected chi connectivity index (χ0v) is 8.83. The normalized spacial score (nSPS) is 28.9. The van der Waals surface area contributed by atoms with Gasteiger partial charge in [-0.05, 0) is 24.1 Å². The molecule has 0 bridgehead atoms. The second-order valence-electron chi connectivity index (χ2n) is 3.83. The maximum Gasteiger partial charge on any atom is 0.0640 e. The van der Waals surface area contributed by atoms with Gasteiger partial charge in [0.25, 0.3) is 0 Å². The second kappa shape index (κ2) is 3.76. The summed E-state index contributed by atoms with van der Waals surface area (Å²) in [5.41, 5.74) is 2.47. The van der Waals surface area contributed by atoms with Crippen molar-refractivity contribution in [3.05, 3.63) is 40.4 Å². The van der Waals surface area contributed by atoms with Crippen molar-refractivity contribution in [2.75, 3.05) is 0 Å².